The smallest absolute Gasteiger partial charge is 0.326 e. The zero-order chi connectivity index (χ0) is 15.1. The number of carboxylic acids is 1. The van der Waals surface area contributed by atoms with Crippen LogP contribution in [0.15, 0.2) is 12.5 Å². The molecule has 9 heteroatoms. The number of hydrogen-bond acceptors (Lipinski definition) is 4. The van der Waals surface area contributed by atoms with Gasteiger partial charge in [0.2, 0.25) is 5.91 Å². The quantitative estimate of drug-likeness (QED) is 0.521. The maximum atomic E-state index is 11.5. The van der Waals surface area contributed by atoms with Crippen LogP contribution in [-0.4, -0.2) is 64.6 Å². The second-order valence-corrected chi connectivity index (χ2v) is 4.29. The number of aromatic nitrogens is 2. The minimum absolute atomic E-state index is 0.0738. The largest absolute Gasteiger partial charge is 0.480 e. The highest BCUT2D eigenvalue weighted by Crippen LogP contribution is 1.98. The van der Waals surface area contributed by atoms with E-state index in [0.717, 1.165) is 0 Å². The number of nitrogens with zero attached hydrogens (tertiary/aromatic N) is 2. The number of likely N-dealkylation sites (N-methyl/N-ethyl adjacent to an activating group) is 1. The Labute approximate surface area is 115 Å². The maximum absolute atomic E-state index is 11.5. The van der Waals surface area contributed by atoms with Gasteiger partial charge in [0, 0.05) is 32.4 Å². The fraction of sp³-hybridized carbons (Fsp3) is 0.455. The van der Waals surface area contributed by atoms with E-state index in [4.69, 9.17) is 5.11 Å². The van der Waals surface area contributed by atoms with E-state index in [2.05, 4.69) is 20.6 Å². The zero-order valence-electron chi connectivity index (χ0n) is 11.2. The average Bonchev–Trinajstić information content (AvgIpc) is 2.87. The molecule has 0 spiro atoms. The number of urea groups is 1. The standard InChI is InChI=1S/C11H17N5O4/c1-16(2)9(17)5-13-11(20)15-8(10(18)19)3-7-4-12-6-14-7/h4,6,8H,3,5H2,1-2H3,(H,12,14)(H,18,19)(H2,13,15,20). The van der Waals surface area contributed by atoms with Crippen molar-refractivity contribution in [3.63, 3.8) is 0 Å². The summed E-state index contributed by atoms with van der Waals surface area (Å²) in [5.41, 5.74) is 0.585. The topological polar surface area (TPSA) is 127 Å². The van der Waals surface area contributed by atoms with Crippen LogP contribution in [0.2, 0.25) is 0 Å². The average molecular weight is 283 g/mol. The first-order chi connectivity index (χ1) is 9.40. The molecular weight excluding hydrogens is 266 g/mol. The monoisotopic (exact) mass is 283 g/mol. The predicted octanol–water partition coefficient (Wildman–Crippen LogP) is -1.21. The lowest BCUT2D eigenvalue weighted by Crippen LogP contribution is -2.49. The van der Waals surface area contributed by atoms with Gasteiger partial charge in [-0.15, -0.1) is 0 Å². The fourth-order valence-electron chi connectivity index (χ4n) is 1.34. The van der Waals surface area contributed by atoms with Gasteiger partial charge < -0.3 is 25.6 Å². The predicted molar refractivity (Wildman–Crippen MR) is 68.9 cm³/mol. The van der Waals surface area contributed by atoms with Crippen molar-refractivity contribution < 1.29 is 19.5 Å². The van der Waals surface area contributed by atoms with E-state index >= 15 is 0 Å². The number of rotatable bonds is 6. The van der Waals surface area contributed by atoms with E-state index in [1.807, 2.05) is 0 Å². The van der Waals surface area contributed by atoms with Crippen LogP contribution in [-0.2, 0) is 16.0 Å². The second kappa shape index (κ2) is 7.12. The molecule has 0 radical (unpaired) electrons. The van der Waals surface area contributed by atoms with Crippen molar-refractivity contribution in [2.24, 2.45) is 0 Å². The summed E-state index contributed by atoms with van der Waals surface area (Å²) in [4.78, 5) is 41.7. The summed E-state index contributed by atoms with van der Waals surface area (Å²) >= 11 is 0. The van der Waals surface area contributed by atoms with Gasteiger partial charge in [-0.3, -0.25) is 4.79 Å². The molecule has 110 valence electrons. The number of nitrogens with one attached hydrogen (secondary N) is 3. The van der Waals surface area contributed by atoms with Crippen LogP contribution in [0.3, 0.4) is 0 Å². The van der Waals surface area contributed by atoms with Crippen molar-refractivity contribution in [2.45, 2.75) is 12.5 Å². The molecule has 0 bridgehead atoms. The fourth-order valence-corrected chi connectivity index (χ4v) is 1.34. The lowest BCUT2D eigenvalue weighted by molar-refractivity contribution is -0.139. The molecule has 1 atom stereocenters. The first-order valence-electron chi connectivity index (χ1n) is 5.84. The zero-order valence-corrected chi connectivity index (χ0v) is 11.2. The number of carbonyl (C=O) groups excluding carboxylic acids is 2. The van der Waals surface area contributed by atoms with E-state index in [-0.39, 0.29) is 18.9 Å². The number of aliphatic carboxylic acids is 1. The SMILES string of the molecule is CN(C)C(=O)CNC(=O)NC(Cc1cnc[nH]1)C(=O)O. The molecule has 0 aliphatic heterocycles. The summed E-state index contributed by atoms with van der Waals surface area (Å²) in [6.45, 7) is -0.199. The molecule has 1 unspecified atom stereocenters. The van der Waals surface area contributed by atoms with E-state index < -0.39 is 18.0 Å². The van der Waals surface area contributed by atoms with E-state index in [1.54, 1.807) is 14.1 Å². The Kier molecular flexibility index (Phi) is 5.51. The van der Waals surface area contributed by atoms with Crippen molar-refractivity contribution in [1.29, 1.82) is 0 Å². The molecule has 0 aliphatic rings. The summed E-state index contributed by atoms with van der Waals surface area (Å²) < 4.78 is 0. The third-order valence-electron chi connectivity index (χ3n) is 2.48. The lowest BCUT2D eigenvalue weighted by atomic mass is 10.2. The number of amides is 3. The van der Waals surface area contributed by atoms with Gasteiger partial charge in [0.05, 0.1) is 12.9 Å². The van der Waals surface area contributed by atoms with Gasteiger partial charge in [-0.05, 0) is 0 Å². The molecule has 0 aliphatic carbocycles. The molecule has 4 N–H and O–H groups in total. The molecule has 3 amide bonds. The Morgan fingerprint density at radius 1 is 1.45 bits per heavy atom. The van der Waals surface area contributed by atoms with Crippen molar-refractivity contribution in [3.8, 4) is 0 Å². The highest BCUT2D eigenvalue weighted by Gasteiger charge is 2.21. The molecule has 9 nitrogen and oxygen atoms in total. The highest BCUT2D eigenvalue weighted by atomic mass is 16.4. The first-order valence-corrected chi connectivity index (χ1v) is 5.84. The van der Waals surface area contributed by atoms with Crippen LogP contribution in [0.4, 0.5) is 4.79 Å². The van der Waals surface area contributed by atoms with Crippen LogP contribution in [0.5, 0.6) is 0 Å². The highest BCUT2D eigenvalue weighted by molar-refractivity contribution is 5.86. The van der Waals surface area contributed by atoms with Crippen molar-refractivity contribution in [2.75, 3.05) is 20.6 Å². The Morgan fingerprint density at radius 2 is 2.15 bits per heavy atom. The Bertz CT molecular complexity index is 471. The summed E-state index contributed by atoms with van der Waals surface area (Å²) in [5.74, 6) is -1.46. The molecular formula is C11H17N5O4. The third kappa shape index (κ3) is 4.96. The van der Waals surface area contributed by atoms with Crippen molar-refractivity contribution in [3.05, 3.63) is 18.2 Å². The number of carboxylic acid groups (broad SMARTS) is 1. The van der Waals surface area contributed by atoms with Crippen LogP contribution < -0.4 is 10.6 Å². The number of carbonyl (C=O) groups is 3. The third-order valence-corrected chi connectivity index (χ3v) is 2.48. The van der Waals surface area contributed by atoms with Gasteiger partial charge in [-0.25, -0.2) is 14.6 Å². The number of hydrogen-bond donors (Lipinski definition) is 4. The van der Waals surface area contributed by atoms with Crippen LogP contribution in [0.1, 0.15) is 5.69 Å². The molecule has 0 aromatic carbocycles. The summed E-state index contributed by atoms with van der Waals surface area (Å²) in [5, 5.41) is 13.6. The van der Waals surface area contributed by atoms with Gasteiger partial charge in [-0.1, -0.05) is 0 Å². The van der Waals surface area contributed by atoms with Gasteiger partial charge in [0.15, 0.2) is 0 Å². The van der Waals surface area contributed by atoms with E-state index in [9.17, 15) is 14.4 Å². The molecule has 1 rings (SSSR count). The van der Waals surface area contributed by atoms with Crippen molar-refractivity contribution >= 4 is 17.9 Å². The normalized spacial score (nSPS) is 11.5. The van der Waals surface area contributed by atoms with E-state index in [1.165, 1.54) is 17.4 Å². The summed E-state index contributed by atoms with van der Waals surface area (Å²) in [6.07, 6.45) is 2.97. The summed E-state index contributed by atoms with van der Waals surface area (Å²) in [7, 11) is 3.11. The van der Waals surface area contributed by atoms with E-state index in [0.29, 0.717) is 5.69 Å². The van der Waals surface area contributed by atoms with Crippen molar-refractivity contribution in [1.82, 2.24) is 25.5 Å². The first kappa shape index (κ1) is 15.5. The lowest BCUT2D eigenvalue weighted by Gasteiger charge is -2.15. The minimum Gasteiger partial charge on any atom is -0.480 e. The van der Waals surface area contributed by atoms with Crippen LogP contribution in [0.25, 0.3) is 0 Å². The number of aromatic amines is 1. The molecule has 1 aromatic rings. The Morgan fingerprint density at radius 3 is 2.65 bits per heavy atom. The van der Waals surface area contributed by atoms with Gasteiger partial charge >= 0.3 is 12.0 Å². The molecule has 1 heterocycles. The van der Waals surface area contributed by atoms with Gasteiger partial charge in [-0.2, -0.15) is 0 Å². The number of H-pyrrole nitrogens is 1. The summed E-state index contributed by atoms with van der Waals surface area (Å²) in [6, 6.07) is -1.82. The Hall–Kier alpha value is -2.58. The molecule has 0 saturated carbocycles. The minimum atomic E-state index is -1.17. The van der Waals surface area contributed by atoms with Crippen LogP contribution in [0, 0.1) is 0 Å². The van der Waals surface area contributed by atoms with Gasteiger partial charge in [0.25, 0.3) is 0 Å². The Balaban J connectivity index is 2.47. The molecule has 0 fully saturated rings. The van der Waals surface area contributed by atoms with Crippen LogP contribution >= 0.6 is 0 Å². The number of imidazole rings is 1. The molecule has 1 aromatic heterocycles. The maximum Gasteiger partial charge on any atom is 0.326 e. The second-order valence-electron chi connectivity index (χ2n) is 4.29. The molecule has 20 heavy (non-hydrogen) atoms. The molecule has 0 saturated heterocycles. The van der Waals surface area contributed by atoms with Gasteiger partial charge in [0.1, 0.15) is 6.04 Å².